The normalized spacial score (nSPS) is 10.2. The summed E-state index contributed by atoms with van der Waals surface area (Å²) in [6.07, 6.45) is 0. The van der Waals surface area contributed by atoms with Gasteiger partial charge in [-0.3, -0.25) is 0 Å². The average Bonchev–Trinajstić information content (AvgIpc) is 2.32. The van der Waals surface area contributed by atoms with Crippen LogP contribution in [0.5, 0.6) is 0 Å². The van der Waals surface area contributed by atoms with Gasteiger partial charge in [-0.2, -0.15) is 4.98 Å². The monoisotopic (exact) mass is 254 g/mol. The van der Waals surface area contributed by atoms with Crippen LogP contribution in [-0.2, 0) is 0 Å². The minimum absolute atomic E-state index is 0.0715. The van der Waals surface area contributed by atoms with Crippen LogP contribution >= 0.6 is 23.2 Å². The fourth-order valence-electron chi connectivity index (χ4n) is 1.27. The molecule has 0 radical (unpaired) electrons. The van der Waals surface area contributed by atoms with Crippen LogP contribution in [0.2, 0.25) is 10.4 Å². The first-order valence-corrected chi connectivity index (χ1v) is 5.28. The lowest BCUT2D eigenvalue weighted by Gasteiger charge is -2.18. The zero-order valence-electron chi connectivity index (χ0n) is 8.43. The third-order valence-electron chi connectivity index (χ3n) is 2.06. The lowest BCUT2D eigenvalue weighted by atomic mass is 10.3. The van der Waals surface area contributed by atoms with Gasteiger partial charge in [0.25, 0.3) is 0 Å². The van der Waals surface area contributed by atoms with Crippen molar-refractivity contribution in [3.8, 4) is 0 Å². The third kappa shape index (κ3) is 2.23. The van der Waals surface area contributed by atoms with Crippen molar-refractivity contribution in [1.82, 2.24) is 15.2 Å². The maximum atomic E-state index is 5.90. The van der Waals surface area contributed by atoms with Gasteiger partial charge in [0.2, 0.25) is 5.28 Å². The molecule has 0 saturated heterocycles. The molecule has 0 unspecified atom stereocenters. The predicted molar refractivity (Wildman–Crippen MR) is 64.4 cm³/mol. The second-order valence-electron chi connectivity index (χ2n) is 3.09. The van der Waals surface area contributed by atoms with E-state index in [1.54, 1.807) is 4.90 Å². The van der Waals surface area contributed by atoms with Gasteiger partial charge in [-0.05, 0) is 23.7 Å². The molecule has 1 heterocycles. The van der Waals surface area contributed by atoms with Crippen LogP contribution < -0.4 is 4.90 Å². The first kappa shape index (κ1) is 11.1. The number of aromatic nitrogens is 3. The van der Waals surface area contributed by atoms with Crippen molar-refractivity contribution in [2.45, 2.75) is 0 Å². The second-order valence-corrected chi connectivity index (χ2v) is 3.79. The maximum absolute atomic E-state index is 5.90. The number of benzene rings is 1. The van der Waals surface area contributed by atoms with E-state index >= 15 is 0 Å². The van der Waals surface area contributed by atoms with E-state index in [1.165, 1.54) is 0 Å². The molecule has 0 aliphatic rings. The smallest absolute Gasteiger partial charge is 0.245 e. The Morgan fingerprint density at radius 3 is 2.44 bits per heavy atom. The first-order chi connectivity index (χ1) is 7.68. The van der Waals surface area contributed by atoms with E-state index in [2.05, 4.69) is 15.2 Å². The number of halogens is 2. The summed E-state index contributed by atoms with van der Waals surface area (Å²) < 4.78 is 0. The van der Waals surface area contributed by atoms with Gasteiger partial charge in [-0.1, -0.05) is 29.8 Å². The Bertz CT molecular complexity index is 489. The van der Waals surface area contributed by atoms with E-state index < -0.39 is 0 Å². The molecule has 0 bridgehead atoms. The van der Waals surface area contributed by atoms with E-state index in [-0.39, 0.29) is 10.4 Å². The third-order valence-corrected chi connectivity index (χ3v) is 2.47. The van der Waals surface area contributed by atoms with Gasteiger partial charge in [0.05, 0.1) is 0 Å². The van der Waals surface area contributed by atoms with Crippen LogP contribution in [0, 0.1) is 0 Å². The molecule has 0 spiro atoms. The molecule has 2 aromatic rings. The highest BCUT2D eigenvalue weighted by Gasteiger charge is 2.12. The lowest BCUT2D eigenvalue weighted by molar-refractivity contribution is 0.949. The van der Waals surface area contributed by atoms with Crippen LogP contribution in [0.25, 0.3) is 0 Å². The van der Waals surface area contributed by atoms with Gasteiger partial charge in [0.15, 0.2) is 11.0 Å². The van der Waals surface area contributed by atoms with Crippen molar-refractivity contribution in [2.24, 2.45) is 0 Å². The Kier molecular flexibility index (Phi) is 3.22. The van der Waals surface area contributed by atoms with E-state index in [1.807, 2.05) is 37.4 Å². The molecule has 1 aromatic heterocycles. The highest BCUT2D eigenvalue weighted by atomic mass is 35.5. The average molecular weight is 255 g/mol. The van der Waals surface area contributed by atoms with Gasteiger partial charge >= 0.3 is 0 Å². The molecule has 4 nitrogen and oxygen atoms in total. The minimum atomic E-state index is 0.0715. The fourth-order valence-corrected chi connectivity index (χ4v) is 1.60. The van der Waals surface area contributed by atoms with Crippen LogP contribution in [0.15, 0.2) is 30.3 Å². The number of anilines is 2. The van der Waals surface area contributed by atoms with Crippen molar-refractivity contribution in [3.63, 3.8) is 0 Å². The molecule has 0 N–H and O–H groups in total. The van der Waals surface area contributed by atoms with Crippen LogP contribution in [-0.4, -0.2) is 22.2 Å². The van der Waals surface area contributed by atoms with E-state index in [4.69, 9.17) is 23.2 Å². The quantitative estimate of drug-likeness (QED) is 0.827. The molecule has 82 valence electrons. The molecular weight excluding hydrogens is 247 g/mol. The summed E-state index contributed by atoms with van der Waals surface area (Å²) in [4.78, 5) is 5.83. The van der Waals surface area contributed by atoms with Gasteiger partial charge in [-0.15, -0.1) is 10.2 Å². The van der Waals surface area contributed by atoms with Gasteiger partial charge in [-0.25, -0.2) is 0 Å². The standard InChI is InChI=1S/C10H8Cl2N4/c1-16(7-5-3-2-4-6-7)9-8(11)14-15-10(12)13-9/h2-6H,1H3. The zero-order chi connectivity index (χ0) is 11.5. The summed E-state index contributed by atoms with van der Waals surface area (Å²) in [5, 5.41) is 7.56. The molecule has 0 atom stereocenters. The Labute approximate surface area is 103 Å². The number of rotatable bonds is 2. The topological polar surface area (TPSA) is 41.9 Å². The van der Waals surface area contributed by atoms with Crippen LogP contribution in [0.1, 0.15) is 0 Å². The predicted octanol–water partition coefficient (Wildman–Crippen LogP) is 2.95. The summed E-state index contributed by atoms with van der Waals surface area (Å²) in [6.45, 7) is 0. The summed E-state index contributed by atoms with van der Waals surface area (Å²) >= 11 is 11.6. The Balaban J connectivity index is 2.41. The number of nitrogens with zero attached hydrogens (tertiary/aromatic N) is 4. The van der Waals surface area contributed by atoms with E-state index in [0.29, 0.717) is 5.82 Å². The largest absolute Gasteiger partial charge is 0.327 e. The molecule has 0 saturated carbocycles. The molecule has 16 heavy (non-hydrogen) atoms. The molecule has 0 amide bonds. The Morgan fingerprint density at radius 1 is 1.06 bits per heavy atom. The molecule has 2 rings (SSSR count). The summed E-state index contributed by atoms with van der Waals surface area (Å²) in [5.74, 6) is 0.480. The summed E-state index contributed by atoms with van der Waals surface area (Å²) in [6, 6.07) is 9.66. The highest BCUT2D eigenvalue weighted by Crippen LogP contribution is 2.26. The first-order valence-electron chi connectivity index (χ1n) is 4.53. The van der Waals surface area contributed by atoms with Crippen molar-refractivity contribution in [3.05, 3.63) is 40.8 Å². The van der Waals surface area contributed by atoms with Crippen molar-refractivity contribution in [1.29, 1.82) is 0 Å². The Morgan fingerprint density at radius 2 is 1.75 bits per heavy atom. The molecule has 0 fully saturated rings. The van der Waals surface area contributed by atoms with Crippen LogP contribution in [0.3, 0.4) is 0 Å². The Hall–Kier alpha value is -1.39. The van der Waals surface area contributed by atoms with Crippen molar-refractivity contribution >= 4 is 34.7 Å². The summed E-state index contributed by atoms with van der Waals surface area (Å²) in [7, 11) is 1.83. The molecular formula is C10H8Cl2N4. The molecule has 6 heteroatoms. The number of para-hydroxylation sites is 1. The minimum Gasteiger partial charge on any atom is -0.327 e. The van der Waals surface area contributed by atoms with E-state index in [9.17, 15) is 0 Å². The fraction of sp³-hybridized carbons (Fsp3) is 0.100. The second kappa shape index (κ2) is 4.63. The highest BCUT2D eigenvalue weighted by molar-refractivity contribution is 6.32. The summed E-state index contributed by atoms with van der Waals surface area (Å²) in [5.41, 5.74) is 0.945. The van der Waals surface area contributed by atoms with Crippen molar-refractivity contribution < 1.29 is 0 Å². The van der Waals surface area contributed by atoms with Gasteiger partial charge in [0.1, 0.15) is 0 Å². The maximum Gasteiger partial charge on any atom is 0.245 e. The van der Waals surface area contributed by atoms with Crippen LogP contribution in [0.4, 0.5) is 11.5 Å². The van der Waals surface area contributed by atoms with Crippen molar-refractivity contribution in [2.75, 3.05) is 11.9 Å². The number of hydrogen-bond acceptors (Lipinski definition) is 4. The SMILES string of the molecule is CN(c1ccccc1)c1nc(Cl)nnc1Cl. The molecule has 0 aliphatic carbocycles. The zero-order valence-corrected chi connectivity index (χ0v) is 9.94. The molecule has 0 aliphatic heterocycles. The molecule has 1 aromatic carbocycles. The lowest BCUT2D eigenvalue weighted by Crippen LogP contribution is -2.13. The number of hydrogen-bond donors (Lipinski definition) is 0. The van der Waals surface area contributed by atoms with Gasteiger partial charge in [0, 0.05) is 12.7 Å². The van der Waals surface area contributed by atoms with Gasteiger partial charge < -0.3 is 4.90 Å². The van der Waals surface area contributed by atoms with E-state index in [0.717, 1.165) is 5.69 Å².